The molecule has 22 heavy (non-hydrogen) atoms. The maximum atomic E-state index is 13.0. The van der Waals surface area contributed by atoms with Crippen LogP contribution >= 0.6 is 0 Å². The lowest BCUT2D eigenvalue weighted by molar-refractivity contribution is -0.138. The molecular formula is C16H15F3N2O. The number of hydrogen-bond donors (Lipinski definition) is 0. The van der Waals surface area contributed by atoms with E-state index >= 15 is 0 Å². The second-order valence-electron chi connectivity index (χ2n) is 4.92. The zero-order valence-electron chi connectivity index (χ0n) is 12.1. The van der Waals surface area contributed by atoms with E-state index in [1.165, 1.54) is 18.1 Å². The van der Waals surface area contributed by atoms with Crippen molar-refractivity contribution in [3.8, 4) is 0 Å². The fourth-order valence-electron chi connectivity index (χ4n) is 2.13. The first-order chi connectivity index (χ1) is 10.3. The first-order valence-corrected chi connectivity index (χ1v) is 6.65. The molecule has 1 aromatic heterocycles. The van der Waals surface area contributed by atoms with Crippen LogP contribution in [0, 0.1) is 0 Å². The Morgan fingerprint density at radius 1 is 1.18 bits per heavy atom. The van der Waals surface area contributed by atoms with E-state index in [1.54, 1.807) is 6.92 Å². The van der Waals surface area contributed by atoms with Gasteiger partial charge in [-0.2, -0.15) is 13.2 Å². The summed E-state index contributed by atoms with van der Waals surface area (Å²) in [7, 11) is 1.49. The van der Waals surface area contributed by atoms with Gasteiger partial charge in [0.25, 0.3) is 5.91 Å². The summed E-state index contributed by atoms with van der Waals surface area (Å²) in [5, 5.41) is 0. The van der Waals surface area contributed by atoms with Gasteiger partial charge in [0.2, 0.25) is 0 Å². The molecule has 1 aromatic carbocycles. The Balaban J connectivity index is 2.33. The molecule has 2 rings (SSSR count). The molecule has 0 unspecified atom stereocenters. The average Bonchev–Trinajstić information content (AvgIpc) is 2.52. The fraction of sp³-hybridized carbons (Fsp3) is 0.250. The molecule has 116 valence electrons. The summed E-state index contributed by atoms with van der Waals surface area (Å²) in [6, 6.07) is 9.87. The van der Waals surface area contributed by atoms with Gasteiger partial charge in [-0.3, -0.25) is 9.78 Å². The van der Waals surface area contributed by atoms with Gasteiger partial charge in [-0.05, 0) is 18.6 Å². The lowest BCUT2D eigenvalue weighted by atomic mass is 10.0. The first kappa shape index (κ1) is 16.0. The number of aromatic nitrogens is 1. The molecule has 0 saturated heterocycles. The predicted molar refractivity (Wildman–Crippen MR) is 76.2 cm³/mol. The van der Waals surface area contributed by atoms with Crippen molar-refractivity contribution in [1.82, 2.24) is 9.88 Å². The molecule has 0 aliphatic heterocycles. The van der Waals surface area contributed by atoms with E-state index in [9.17, 15) is 18.0 Å². The van der Waals surface area contributed by atoms with Gasteiger partial charge in [-0.15, -0.1) is 0 Å². The molecule has 0 fully saturated rings. The van der Waals surface area contributed by atoms with Gasteiger partial charge in [0.05, 0.1) is 17.2 Å². The number of carbonyl (C=O) groups excluding carboxylic acids is 1. The van der Waals surface area contributed by atoms with Gasteiger partial charge < -0.3 is 4.90 Å². The SMILES string of the molecule is C[C@H](c1ccccc1)N(C)C(=O)c1ccncc1C(F)(F)F. The van der Waals surface area contributed by atoms with Crippen molar-refractivity contribution in [3.05, 3.63) is 65.5 Å². The van der Waals surface area contributed by atoms with Gasteiger partial charge in [0.1, 0.15) is 0 Å². The van der Waals surface area contributed by atoms with Crippen LogP contribution in [-0.2, 0) is 6.18 Å². The van der Waals surface area contributed by atoms with Crippen molar-refractivity contribution < 1.29 is 18.0 Å². The zero-order valence-corrected chi connectivity index (χ0v) is 12.1. The Bertz CT molecular complexity index is 656. The quantitative estimate of drug-likeness (QED) is 0.860. The molecule has 0 bridgehead atoms. The van der Waals surface area contributed by atoms with Gasteiger partial charge in [-0.25, -0.2) is 0 Å². The molecule has 0 aliphatic carbocycles. The summed E-state index contributed by atoms with van der Waals surface area (Å²) in [4.78, 5) is 17.2. The molecule has 1 heterocycles. The second kappa shape index (κ2) is 6.17. The number of pyridine rings is 1. The van der Waals surface area contributed by atoms with Crippen molar-refractivity contribution in [2.45, 2.75) is 19.1 Å². The lowest BCUT2D eigenvalue weighted by Crippen LogP contribution is -2.31. The van der Waals surface area contributed by atoms with Crippen molar-refractivity contribution >= 4 is 5.91 Å². The molecule has 0 N–H and O–H groups in total. The molecule has 0 saturated carbocycles. The highest BCUT2D eigenvalue weighted by Crippen LogP contribution is 2.32. The van der Waals surface area contributed by atoms with Crippen LogP contribution in [0.5, 0.6) is 0 Å². The van der Waals surface area contributed by atoms with Crippen molar-refractivity contribution in [2.24, 2.45) is 0 Å². The summed E-state index contributed by atoms with van der Waals surface area (Å²) >= 11 is 0. The van der Waals surface area contributed by atoms with Crippen LogP contribution in [-0.4, -0.2) is 22.8 Å². The summed E-state index contributed by atoms with van der Waals surface area (Å²) in [6.45, 7) is 1.77. The van der Waals surface area contributed by atoms with Crippen LogP contribution in [0.15, 0.2) is 48.8 Å². The van der Waals surface area contributed by atoms with Gasteiger partial charge in [0, 0.05) is 19.4 Å². The summed E-state index contributed by atoms with van der Waals surface area (Å²) in [6.07, 6.45) is -2.76. The minimum Gasteiger partial charge on any atom is -0.335 e. The normalized spacial score (nSPS) is 12.8. The number of amides is 1. The Morgan fingerprint density at radius 2 is 1.82 bits per heavy atom. The van der Waals surface area contributed by atoms with E-state index in [-0.39, 0.29) is 6.04 Å². The average molecular weight is 308 g/mol. The highest BCUT2D eigenvalue weighted by molar-refractivity contribution is 5.95. The van der Waals surface area contributed by atoms with Gasteiger partial charge >= 0.3 is 6.18 Å². The molecule has 1 atom stereocenters. The van der Waals surface area contributed by atoms with E-state index in [0.29, 0.717) is 6.20 Å². The summed E-state index contributed by atoms with van der Waals surface area (Å²) in [5.74, 6) is -0.689. The Labute approximate surface area is 126 Å². The maximum Gasteiger partial charge on any atom is 0.418 e. The van der Waals surface area contributed by atoms with E-state index in [0.717, 1.165) is 11.6 Å². The standard InChI is InChI=1S/C16H15F3N2O/c1-11(12-6-4-3-5-7-12)21(2)15(22)13-8-9-20-10-14(13)16(17,18)19/h3-11H,1-2H3/t11-/m1/s1. The highest BCUT2D eigenvalue weighted by Gasteiger charge is 2.36. The van der Waals surface area contributed by atoms with Gasteiger partial charge in [-0.1, -0.05) is 30.3 Å². The first-order valence-electron chi connectivity index (χ1n) is 6.65. The van der Waals surface area contributed by atoms with Crippen LogP contribution in [0.3, 0.4) is 0 Å². The fourth-order valence-corrected chi connectivity index (χ4v) is 2.13. The molecule has 0 aliphatic rings. The number of carbonyl (C=O) groups is 1. The molecular weight excluding hydrogens is 293 g/mol. The maximum absolute atomic E-state index is 13.0. The summed E-state index contributed by atoms with van der Waals surface area (Å²) < 4.78 is 39.0. The summed E-state index contributed by atoms with van der Waals surface area (Å²) in [5.41, 5.74) is -0.569. The van der Waals surface area contributed by atoms with E-state index in [1.807, 2.05) is 30.3 Å². The van der Waals surface area contributed by atoms with Crippen molar-refractivity contribution in [2.75, 3.05) is 7.05 Å². The number of halogens is 3. The van der Waals surface area contributed by atoms with Crippen LogP contribution in [0.2, 0.25) is 0 Å². The minimum atomic E-state index is -4.62. The predicted octanol–water partition coefficient (Wildman–Crippen LogP) is 3.93. The third kappa shape index (κ3) is 3.27. The molecule has 3 nitrogen and oxygen atoms in total. The number of alkyl halides is 3. The smallest absolute Gasteiger partial charge is 0.335 e. The van der Waals surface area contributed by atoms with Crippen LogP contribution in [0.4, 0.5) is 13.2 Å². The van der Waals surface area contributed by atoms with E-state index in [2.05, 4.69) is 4.98 Å². The Kier molecular flexibility index (Phi) is 4.49. The Morgan fingerprint density at radius 3 is 2.41 bits per heavy atom. The molecule has 1 amide bonds. The van der Waals surface area contributed by atoms with Crippen molar-refractivity contribution in [1.29, 1.82) is 0 Å². The van der Waals surface area contributed by atoms with Crippen LogP contribution < -0.4 is 0 Å². The van der Waals surface area contributed by atoms with E-state index < -0.39 is 23.2 Å². The van der Waals surface area contributed by atoms with Crippen molar-refractivity contribution in [3.63, 3.8) is 0 Å². The largest absolute Gasteiger partial charge is 0.418 e. The third-order valence-electron chi connectivity index (χ3n) is 3.54. The number of benzene rings is 1. The van der Waals surface area contributed by atoms with E-state index in [4.69, 9.17) is 0 Å². The monoisotopic (exact) mass is 308 g/mol. The number of rotatable bonds is 3. The zero-order chi connectivity index (χ0) is 16.3. The number of hydrogen-bond acceptors (Lipinski definition) is 2. The molecule has 0 radical (unpaired) electrons. The van der Waals surface area contributed by atoms with Crippen LogP contribution in [0.25, 0.3) is 0 Å². The Hall–Kier alpha value is -2.37. The highest BCUT2D eigenvalue weighted by atomic mass is 19.4. The molecule has 6 heteroatoms. The minimum absolute atomic E-state index is 0.344. The topological polar surface area (TPSA) is 33.2 Å². The molecule has 2 aromatic rings. The lowest BCUT2D eigenvalue weighted by Gasteiger charge is -2.26. The van der Waals surface area contributed by atoms with Crippen LogP contribution in [0.1, 0.15) is 34.5 Å². The van der Waals surface area contributed by atoms with Gasteiger partial charge in [0.15, 0.2) is 0 Å². The second-order valence-corrected chi connectivity index (χ2v) is 4.92. The third-order valence-corrected chi connectivity index (χ3v) is 3.54. The molecule has 0 spiro atoms. The number of nitrogens with zero attached hydrogens (tertiary/aromatic N) is 2.